The Hall–Kier alpha value is -2.78. The lowest BCUT2D eigenvalue weighted by atomic mass is 10.2. The lowest BCUT2D eigenvalue weighted by molar-refractivity contribution is -0.123. The summed E-state index contributed by atoms with van der Waals surface area (Å²) in [6.07, 6.45) is -1.22. The van der Waals surface area contributed by atoms with Crippen LogP contribution in [0, 0.1) is 5.82 Å². The molecule has 0 radical (unpaired) electrons. The second-order valence-electron chi connectivity index (χ2n) is 5.25. The van der Waals surface area contributed by atoms with Crippen molar-refractivity contribution in [3.8, 4) is 0 Å². The van der Waals surface area contributed by atoms with Gasteiger partial charge >= 0.3 is 5.97 Å². The standard InChI is InChI=1S/C17H17FN2O5S/c1-11(16(21)20-15-9-4-3-8-14(15)18)25-17(22)12-6-5-7-13(10-12)26(23,24)19-2/h3-11,19H,1-2H3,(H,20,21)/t11-/m0/s1. The summed E-state index contributed by atoms with van der Waals surface area (Å²) in [5.41, 5.74) is -0.0747. The fourth-order valence-corrected chi connectivity index (χ4v) is 2.76. The Kier molecular flexibility index (Phi) is 6.06. The van der Waals surface area contributed by atoms with Crippen LogP contribution < -0.4 is 10.0 Å². The van der Waals surface area contributed by atoms with E-state index in [0.717, 1.165) is 6.07 Å². The van der Waals surface area contributed by atoms with E-state index in [4.69, 9.17) is 4.74 Å². The van der Waals surface area contributed by atoms with Crippen LogP contribution in [0.15, 0.2) is 53.4 Å². The Morgan fingerprint density at radius 1 is 1.12 bits per heavy atom. The van der Waals surface area contributed by atoms with Crippen LogP contribution in [0.1, 0.15) is 17.3 Å². The van der Waals surface area contributed by atoms with Gasteiger partial charge < -0.3 is 10.1 Å². The zero-order chi connectivity index (χ0) is 19.3. The quantitative estimate of drug-likeness (QED) is 0.746. The molecule has 2 aromatic rings. The van der Waals surface area contributed by atoms with Crippen molar-refractivity contribution >= 4 is 27.6 Å². The van der Waals surface area contributed by atoms with Gasteiger partial charge in [-0.1, -0.05) is 18.2 Å². The Morgan fingerprint density at radius 3 is 2.46 bits per heavy atom. The molecule has 0 saturated heterocycles. The van der Waals surface area contributed by atoms with Crippen molar-refractivity contribution in [2.24, 2.45) is 0 Å². The molecule has 0 aliphatic rings. The van der Waals surface area contributed by atoms with E-state index in [-0.39, 0.29) is 16.1 Å². The van der Waals surface area contributed by atoms with Crippen LogP contribution in [-0.4, -0.2) is 33.4 Å². The monoisotopic (exact) mass is 380 g/mol. The van der Waals surface area contributed by atoms with E-state index in [1.165, 1.54) is 50.4 Å². The van der Waals surface area contributed by atoms with Gasteiger partial charge in [-0.3, -0.25) is 4.79 Å². The number of benzene rings is 2. The topological polar surface area (TPSA) is 102 Å². The molecule has 0 heterocycles. The molecule has 7 nitrogen and oxygen atoms in total. The van der Waals surface area contributed by atoms with Gasteiger partial charge in [0.2, 0.25) is 10.0 Å². The highest BCUT2D eigenvalue weighted by Gasteiger charge is 2.21. The number of amides is 1. The lowest BCUT2D eigenvalue weighted by Gasteiger charge is -2.14. The number of para-hydroxylation sites is 1. The van der Waals surface area contributed by atoms with E-state index in [1.807, 2.05) is 0 Å². The molecule has 0 aliphatic carbocycles. The summed E-state index contributed by atoms with van der Waals surface area (Å²) in [5, 5.41) is 2.31. The van der Waals surface area contributed by atoms with Crippen molar-refractivity contribution in [3.05, 3.63) is 59.9 Å². The van der Waals surface area contributed by atoms with Crippen molar-refractivity contribution in [1.29, 1.82) is 0 Å². The minimum absolute atomic E-state index is 0.0353. The predicted octanol–water partition coefficient (Wildman–Crippen LogP) is 1.92. The van der Waals surface area contributed by atoms with Gasteiger partial charge in [-0.05, 0) is 44.3 Å². The number of carbonyl (C=O) groups is 2. The molecular weight excluding hydrogens is 363 g/mol. The highest BCUT2D eigenvalue weighted by atomic mass is 32.2. The number of carbonyl (C=O) groups excluding carboxylic acids is 2. The van der Waals surface area contributed by atoms with E-state index < -0.39 is 33.8 Å². The number of halogens is 1. The number of rotatable bonds is 6. The molecule has 1 atom stereocenters. The molecule has 2 N–H and O–H groups in total. The van der Waals surface area contributed by atoms with Crippen LogP contribution in [0.25, 0.3) is 0 Å². The maximum Gasteiger partial charge on any atom is 0.338 e. The molecule has 0 unspecified atom stereocenters. The minimum atomic E-state index is -3.72. The minimum Gasteiger partial charge on any atom is -0.449 e. The van der Waals surface area contributed by atoms with Crippen LogP contribution in [0.3, 0.4) is 0 Å². The number of esters is 1. The molecule has 0 spiro atoms. The molecule has 0 saturated carbocycles. The summed E-state index contributed by atoms with van der Waals surface area (Å²) in [6, 6.07) is 10.8. The summed E-state index contributed by atoms with van der Waals surface area (Å²) in [5.74, 6) is -2.22. The third-order valence-corrected chi connectivity index (χ3v) is 4.85. The molecule has 9 heteroatoms. The molecule has 138 valence electrons. The third kappa shape index (κ3) is 4.64. The summed E-state index contributed by atoms with van der Waals surface area (Å²) in [6.45, 7) is 1.32. The number of ether oxygens (including phenoxy) is 1. The molecule has 2 aromatic carbocycles. The highest BCUT2D eigenvalue weighted by Crippen LogP contribution is 2.15. The van der Waals surface area contributed by atoms with E-state index in [0.29, 0.717) is 0 Å². The number of sulfonamides is 1. The molecular formula is C17H17FN2O5S. The maximum absolute atomic E-state index is 13.5. The van der Waals surface area contributed by atoms with E-state index >= 15 is 0 Å². The summed E-state index contributed by atoms with van der Waals surface area (Å²) >= 11 is 0. The van der Waals surface area contributed by atoms with Gasteiger partial charge in [-0.2, -0.15) is 0 Å². The summed E-state index contributed by atoms with van der Waals surface area (Å²) in [7, 11) is -2.48. The average Bonchev–Trinajstić information content (AvgIpc) is 2.63. The molecule has 1 amide bonds. The lowest BCUT2D eigenvalue weighted by Crippen LogP contribution is -2.30. The van der Waals surface area contributed by atoms with Crippen LogP contribution in [0.2, 0.25) is 0 Å². The SMILES string of the molecule is CNS(=O)(=O)c1cccc(C(=O)O[C@@H](C)C(=O)Nc2ccccc2F)c1. The average molecular weight is 380 g/mol. The smallest absolute Gasteiger partial charge is 0.338 e. The number of hydrogen-bond acceptors (Lipinski definition) is 5. The third-order valence-electron chi connectivity index (χ3n) is 3.43. The molecule has 0 aromatic heterocycles. The molecule has 0 bridgehead atoms. The van der Waals surface area contributed by atoms with Gasteiger partial charge in [-0.25, -0.2) is 22.3 Å². The van der Waals surface area contributed by atoms with E-state index in [1.54, 1.807) is 6.07 Å². The number of anilines is 1. The zero-order valence-electron chi connectivity index (χ0n) is 14.0. The second kappa shape index (κ2) is 8.07. The normalized spacial score (nSPS) is 12.3. The van der Waals surface area contributed by atoms with Gasteiger partial charge in [0.15, 0.2) is 6.10 Å². The van der Waals surface area contributed by atoms with Crippen molar-refractivity contribution in [1.82, 2.24) is 4.72 Å². The summed E-state index contributed by atoms with van der Waals surface area (Å²) < 4.78 is 44.3. The second-order valence-corrected chi connectivity index (χ2v) is 7.14. The van der Waals surface area contributed by atoms with E-state index in [9.17, 15) is 22.4 Å². The van der Waals surface area contributed by atoms with E-state index in [2.05, 4.69) is 10.0 Å². The molecule has 26 heavy (non-hydrogen) atoms. The van der Waals surface area contributed by atoms with Crippen molar-refractivity contribution in [3.63, 3.8) is 0 Å². The largest absolute Gasteiger partial charge is 0.449 e. The van der Waals surface area contributed by atoms with Gasteiger partial charge in [0.05, 0.1) is 16.1 Å². The van der Waals surface area contributed by atoms with Crippen LogP contribution >= 0.6 is 0 Å². The van der Waals surface area contributed by atoms with Crippen molar-refractivity contribution < 1.29 is 27.1 Å². The first kappa shape index (κ1) is 19.5. The molecule has 0 fully saturated rings. The van der Waals surface area contributed by atoms with Gasteiger partial charge in [0.25, 0.3) is 5.91 Å². The summed E-state index contributed by atoms with van der Waals surface area (Å²) in [4.78, 5) is 24.1. The molecule has 2 rings (SSSR count). The predicted molar refractivity (Wildman–Crippen MR) is 92.6 cm³/mol. The molecule has 0 aliphatic heterocycles. The first-order valence-corrected chi connectivity index (χ1v) is 9.03. The number of nitrogens with one attached hydrogen (secondary N) is 2. The fourth-order valence-electron chi connectivity index (χ4n) is 1.99. The van der Waals surface area contributed by atoms with Crippen molar-refractivity contribution in [2.75, 3.05) is 12.4 Å². The van der Waals surface area contributed by atoms with Gasteiger partial charge in [0.1, 0.15) is 5.82 Å². The van der Waals surface area contributed by atoms with Crippen LogP contribution in [-0.2, 0) is 19.6 Å². The Morgan fingerprint density at radius 2 is 1.81 bits per heavy atom. The highest BCUT2D eigenvalue weighted by molar-refractivity contribution is 7.89. The van der Waals surface area contributed by atoms with Crippen LogP contribution in [0.4, 0.5) is 10.1 Å². The first-order chi connectivity index (χ1) is 12.2. The van der Waals surface area contributed by atoms with Gasteiger partial charge in [-0.15, -0.1) is 0 Å². The Balaban J connectivity index is 2.08. The maximum atomic E-state index is 13.5. The van der Waals surface area contributed by atoms with Crippen LogP contribution in [0.5, 0.6) is 0 Å². The number of hydrogen-bond donors (Lipinski definition) is 2. The van der Waals surface area contributed by atoms with Crippen molar-refractivity contribution in [2.45, 2.75) is 17.9 Å². The Bertz CT molecular complexity index is 930. The van der Waals surface area contributed by atoms with Gasteiger partial charge in [0, 0.05) is 0 Å². The zero-order valence-corrected chi connectivity index (χ0v) is 14.8. The Labute approximate surface area is 150 Å². The fraction of sp³-hybridized carbons (Fsp3) is 0.176. The first-order valence-electron chi connectivity index (χ1n) is 7.54.